The first kappa shape index (κ1) is 18.1. The van der Waals surface area contributed by atoms with Gasteiger partial charge in [-0.1, -0.05) is 23.5 Å². The number of carbonyl (C=O) groups excluding carboxylic acids is 1. The fourth-order valence-electron chi connectivity index (χ4n) is 3.01. The average molecular weight is 398 g/mol. The highest BCUT2D eigenvalue weighted by Gasteiger charge is 2.16. The molecule has 2 aromatic carbocycles. The molecule has 0 spiro atoms. The number of hydrogen-bond donors (Lipinski definition) is 0. The van der Waals surface area contributed by atoms with Gasteiger partial charge in [0.1, 0.15) is 0 Å². The summed E-state index contributed by atoms with van der Waals surface area (Å²) in [5, 5.41) is 0.785. The maximum Gasteiger partial charge on any atom is 0.315 e. The topological polar surface area (TPSA) is 75.2 Å². The van der Waals surface area contributed by atoms with E-state index in [0.717, 1.165) is 15.6 Å². The number of para-hydroxylation sites is 1. The van der Waals surface area contributed by atoms with Gasteiger partial charge in [-0.3, -0.25) is 4.79 Å². The fraction of sp³-hybridized carbons (Fsp3) is 0.200. The van der Waals surface area contributed by atoms with Crippen LogP contribution in [-0.2, 0) is 7.05 Å². The van der Waals surface area contributed by atoms with Gasteiger partial charge in [0.25, 0.3) is 0 Å². The van der Waals surface area contributed by atoms with Crippen LogP contribution in [0.4, 0.5) is 0 Å². The second-order valence-corrected chi connectivity index (χ2v) is 7.03. The molecule has 0 aliphatic carbocycles. The lowest BCUT2D eigenvalue weighted by Gasteiger charge is -2.07. The number of amides is 1. The molecule has 2 heterocycles. The van der Waals surface area contributed by atoms with Crippen molar-refractivity contribution in [1.29, 1.82) is 0 Å². The number of ether oxygens (including phenoxy) is 3. The predicted octanol–water partition coefficient (Wildman–Crippen LogP) is 3.75. The zero-order valence-corrected chi connectivity index (χ0v) is 16.6. The zero-order chi connectivity index (χ0) is 19.8. The van der Waals surface area contributed by atoms with E-state index in [2.05, 4.69) is 4.99 Å². The number of fused-ring (bicyclic) bond motifs is 2. The highest BCUT2D eigenvalue weighted by atomic mass is 32.1. The molecule has 0 saturated heterocycles. The minimum atomic E-state index is -0.459. The minimum Gasteiger partial charge on any atom is -0.493 e. The number of aryl methyl sites for hydroxylation is 1. The van der Waals surface area contributed by atoms with Gasteiger partial charge >= 0.3 is 5.91 Å². The maximum absolute atomic E-state index is 12.7. The van der Waals surface area contributed by atoms with Crippen molar-refractivity contribution >= 4 is 38.4 Å². The van der Waals surface area contributed by atoms with E-state index in [1.54, 1.807) is 33.5 Å². The van der Waals surface area contributed by atoms with Crippen molar-refractivity contribution < 1.29 is 23.4 Å². The summed E-state index contributed by atoms with van der Waals surface area (Å²) in [4.78, 5) is 17.5. The molecule has 0 bridgehead atoms. The molecule has 0 unspecified atom stereocenters. The molecular weight excluding hydrogens is 380 g/mol. The molecule has 0 aliphatic heterocycles. The Balaban J connectivity index is 1.81. The van der Waals surface area contributed by atoms with Gasteiger partial charge in [-0.25, -0.2) is 0 Å². The van der Waals surface area contributed by atoms with Crippen molar-refractivity contribution in [2.45, 2.75) is 0 Å². The van der Waals surface area contributed by atoms with Gasteiger partial charge in [-0.05, 0) is 12.1 Å². The third-order valence-electron chi connectivity index (χ3n) is 4.45. The van der Waals surface area contributed by atoms with Crippen LogP contribution in [0.15, 0.2) is 45.8 Å². The van der Waals surface area contributed by atoms with Crippen molar-refractivity contribution in [3.05, 3.63) is 47.0 Å². The molecule has 4 rings (SSSR count). The number of thiazole rings is 1. The normalized spacial score (nSPS) is 11.9. The molecule has 8 heteroatoms. The first-order valence-corrected chi connectivity index (χ1v) is 9.24. The number of rotatable bonds is 4. The summed E-state index contributed by atoms with van der Waals surface area (Å²) in [6.07, 6.45) is 0. The van der Waals surface area contributed by atoms with Crippen LogP contribution >= 0.6 is 11.3 Å². The van der Waals surface area contributed by atoms with Crippen molar-refractivity contribution in [1.82, 2.24) is 4.57 Å². The molecule has 0 aliphatic rings. The van der Waals surface area contributed by atoms with E-state index < -0.39 is 5.91 Å². The van der Waals surface area contributed by atoms with Crippen LogP contribution in [0.1, 0.15) is 10.6 Å². The van der Waals surface area contributed by atoms with Crippen LogP contribution in [0.3, 0.4) is 0 Å². The van der Waals surface area contributed by atoms with Crippen LogP contribution in [0.5, 0.6) is 17.2 Å². The number of aromatic nitrogens is 1. The van der Waals surface area contributed by atoms with Crippen LogP contribution < -0.4 is 19.0 Å². The maximum atomic E-state index is 12.7. The standard InChI is InChI=1S/C20H18N2O5S/c1-22-12-9-14(25-3)15(26-4)10-17(12)28-20(22)21-19(23)16-8-11-6-5-7-13(24-2)18(11)27-16/h5-10H,1-4H3. The quantitative estimate of drug-likeness (QED) is 0.523. The van der Waals surface area contributed by atoms with Crippen LogP contribution in [0, 0.1) is 0 Å². The number of methoxy groups -OCH3 is 3. The van der Waals surface area contributed by atoms with Gasteiger partial charge in [0.05, 0.1) is 31.5 Å². The Bertz CT molecular complexity index is 1270. The number of carbonyl (C=O) groups is 1. The second kappa shape index (κ2) is 7.05. The second-order valence-electron chi connectivity index (χ2n) is 6.02. The molecule has 0 atom stereocenters. The smallest absolute Gasteiger partial charge is 0.315 e. The van der Waals surface area contributed by atoms with Gasteiger partial charge in [0, 0.05) is 24.6 Å². The molecule has 7 nitrogen and oxygen atoms in total. The average Bonchev–Trinajstić information content (AvgIpc) is 3.28. The summed E-state index contributed by atoms with van der Waals surface area (Å²) in [5.41, 5.74) is 1.42. The highest BCUT2D eigenvalue weighted by molar-refractivity contribution is 7.16. The van der Waals surface area contributed by atoms with Crippen molar-refractivity contribution in [3.8, 4) is 17.2 Å². The van der Waals surface area contributed by atoms with Crippen molar-refractivity contribution in [3.63, 3.8) is 0 Å². The van der Waals surface area contributed by atoms with E-state index >= 15 is 0 Å². The van der Waals surface area contributed by atoms with Gasteiger partial charge in [0.2, 0.25) is 0 Å². The van der Waals surface area contributed by atoms with Gasteiger partial charge in [-0.2, -0.15) is 4.99 Å². The molecule has 0 N–H and O–H groups in total. The molecule has 0 fully saturated rings. The lowest BCUT2D eigenvalue weighted by atomic mass is 10.2. The lowest BCUT2D eigenvalue weighted by Crippen LogP contribution is -2.13. The molecule has 4 aromatic rings. The molecular formula is C20H18N2O5S. The van der Waals surface area contributed by atoms with E-state index in [4.69, 9.17) is 18.6 Å². The Morgan fingerprint density at radius 1 is 1.04 bits per heavy atom. The van der Waals surface area contributed by atoms with Crippen LogP contribution in [0.25, 0.3) is 21.2 Å². The SMILES string of the molecule is COc1cc2sc(=NC(=O)c3cc4cccc(OC)c4o3)n(C)c2cc1OC. The Morgan fingerprint density at radius 2 is 1.75 bits per heavy atom. The third kappa shape index (κ3) is 2.91. The minimum absolute atomic E-state index is 0.159. The number of benzene rings is 2. The van der Waals surface area contributed by atoms with E-state index in [1.165, 1.54) is 11.3 Å². The molecule has 28 heavy (non-hydrogen) atoms. The van der Waals surface area contributed by atoms with E-state index in [-0.39, 0.29) is 5.76 Å². The number of hydrogen-bond acceptors (Lipinski definition) is 6. The zero-order valence-electron chi connectivity index (χ0n) is 15.8. The fourth-order valence-corrected chi connectivity index (χ4v) is 4.03. The number of nitrogens with zero attached hydrogens (tertiary/aromatic N) is 2. The van der Waals surface area contributed by atoms with Gasteiger partial charge < -0.3 is 23.2 Å². The number of furan rings is 1. The summed E-state index contributed by atoms with van der Waals surface area (Å²) < 4.78 is 24.4. The first-order chi connectivity index (χ1) is 13.5. The third-order valence-corrected chi connectivity index (χ3v) is 5.55. The Kier molecular flexibility index (Phi) is 4.56. The van der Waals surface area contributed by atoms with Crippen LogP contribution in [0.2, 0.25) is 0 Å². The summed E-state index contributed by atoms with van der Waals surface area (Å²) in [6.45, 7) is 0. The molecule has 144 valence electrons. The van der Waals surface area contributed by atoms with Crippen molar-refractivity contribution in [2.24, 2.45) is 12.0 Å². The van der Waals surface area contributed by atoms with Gasteiger partial charge in [-0.15, -0.1) is 0 Å². The highest BCUT2D eigenvalue weighted by Crippen LogP contribution is 2.33. The largest absolute Gasteiger partial charge is 0.493 e. The molecule has 2 aromatic heterocycles. The summed E-state index contributed by atoms with van der Waals surface area (Å²) in [6, 6.07) is 10.9. The summed E-state index contributed by atoms with van der Waals surface area (Å²) >= 11 is 1.38. The van der Waals surface area contributed by atoms with Crippen LogP contribution in [-0.4, -0.2) is 31.8 Å². The lowest BCUT2D eigenvalue weighted by molar-refractivity contribution is 0.0973. The van der Waals surface area contributed by atoms with E-state index in [1.807, 2.05) is 35.9 Å². The molecule has 0 saturated carbocycles. The Morgan fingerprint density at radius 3 is 2.46 bits per heavy atom. The Labute approximate surface area is 164 Å². The monoisotopic (exact) mass is 398 g/mol. The van der Waals surface area contributed by atoms with Gasteiger partial charge in [0.15, 0.2) is 33.4 Å². The molecule has 1 amide bonds. The van der Waals surface area contributed by atoms with E-state index in [0.29, 0.717) is 27.6 Å². The van der Waals surface area contributed by atoms with E-state index in [9.17, 15) is 4.79 Å². The first-order valence-electron chi connectivity index (χ1n) is 8.43. The summed E-state index contributed by atoms with van der Waals surface area (Å²) in [7, 11) is 6.57. The molecule has 0 radical (unpaired) electrons. The van der Waals surface area contributed by atoms with Crippen molar-refractivity contribution in [2.75, 3.05) is 21.3 Å². The predicted molar refractivity (Wildman–Crippen MR) is 107 cm³/mol. The Hall–Kier alpha value is -3.26. The summed E-state index contributed by atoms with van der Waals surface area (Å²) in [5.74, 6) is 1.51.